The van der Waals surface area contributed by atoms with E-state index < -0.39 is 34.3 Å². The molecule has 0 atom stereocenters. The average molecular weight is 308 g/mol. The fraction of sp³-hybridized carbons (Fsp3) is 1.00. The van der Waals surface area contributed by atoms with Crippen LogP contribution in [0, 0.1) is 5.92 Å². The summed E-state index contributed by atoms with van der Waals surface area (Å²) in [5.41, 5.74) is 0. The minimum Gasteiger partial charge on any atom is -0.381 e. The van der Waals surface area contributed by atoms with Crippen molar-refractivity contribution in [3.05, 3.63) is 0 Å². The first kappa shape index (κ1) is 16.6. The number of hydrogen-bond acceptors (Lipinski definition) is 3. The van der Waals surface area contributed by atoms with Crippen LogP contribution in [0.3, 0.4) is 0 Å². The summed E-state index contributed by atoms with van der Waals surface area (Å²) in [5.74, 6) is -4.62. The highest BCUT2D eigenvalue weighted by molar-refractivity contribution is 7.87. The van der Waals surface area contributed by atoms with Gasteiger partial charge < -0.3 is 4.74 Å². The van der Waals surface area contributed by atoms with Crippen molar-refractivity contribution in [2.75, 3.05) is 13.2 Å². The van der Waals surface area contributed by atoms with Crippen LogP contribution in [0.1, 0.15) is 32.1 Å². The third-order valence-corrected chi connectivity index (χ3v) is 4.09. The highest BCUT2D eigenvalue weighted by Crippen LogP contribution is 2.40. The van der Waals surface area contributed by atoms with Gasteiger partial charge in [-0.25, -0.2) is 0 Å². The SMILES string of the molecule is O=S(=O)(O)C(F)(F)C(F)(F)CCOCC1CCCC1. The lowest BCUT2D eigenvalue weighted by molar-refractivity contribution is -0.171. The highest BCUT2D eigenvalue weighted by Gasteiger charge is 2.65. The van der Waals surface area contributed by atoms with Crippen molar-refractivity contribution in [2.45, 2.75) is 43.3 Å². The topological polar surface area (TPSA) is 63.6 Å². The Hall–Kier alpha value is -0.410. The van der Waals surface area contributed by atoms with Crippen molar-refractivity contribution in [3.63, 3.8) is 0 Å². The van der Waals surface area contributed by atoms with Gasteiger partial charge in [0.2, 0.25) is 0 Å². The highest BCUT2D eigenvalue weighted by atomic mass is 32.2. The Labute approximate surface area is 108 Å². The van der Waals surface area contributed by atoms with E-state index in [2.05, 4.69) is 0 Å². The van der Waals surface area contributed by atoms with Gasteiger partial charge in [0.15, 0.2) is 0 Å². The maximum absolute atomic E-state index is 13.0. The minimum atomic E-state index is -6.15. The van der Waals surface area contributed by atoms with Gasteiger partial charge in [-0.15, -0.1) is 0 Å². The van der Waals surface area contributed by atoms with Crippen molar-refractivity contribution in [3.8, 4) is 0 Å². The van der Waals surface area contributed by atoms with Crippen LogP contribution < -0.4 is 0 Å². The molecule has 0 aromatic carbocycles. The maximum Gasteiger partial charge on any atom is 0.431 e. The molecular weight excluding hydrogens is 292 g/mol. The third-order valence-electron chi connectivity index (χ3n) is 3.14. The number of alkyl halides is 4. The number of rotatable bonds is 7. The first-order valence-corrected chi connectivity index (χ1v) is 7.32. The fourth-order valence-corrected chi connectivity index (χ4v) is 2.44. The first-order valence-electron chi connectivity index (χ1n) is 5.88. The second kappa shape index (κ2) is 5.92. The van der Waals surface area contributed by atoms with Gasteiger partial charge in [-0.1, -0.05) is 12.8 Å². The zero-order chi connectivity index (χ0) is 14.7. The molecule has 0 saturated heterocycles. The Morgan fingerprint density at radius 2 is 1.68 bits per heavy atom. The molecule has 1 N–H and O–H groups in total. The van der Waals surface area contributed by atoms with Gasteiger partial charge in [-0.2, -0.15) is 26.0 Å². The molecule has 1 saturated carbocycles. The average Bonchev–Trinajstić information content (AvgIpc) is 2.75. The molecule has 0 amide bonds. The van der Waals surface area contributed by atoms with Gasteiger partial charge in [0.25, 0.3) is 0 Å². The molecule has 0 aromatic heterocycles. The van der Waals surface area contributed by atoms with Gasteiger partial charge in [-0.3, -0.25) is 4.55 Å². The second-order valence-corrected chi connectivity index (χ2v) is 6.13. The van der Waals surface area contributed by atoms with E-state index in [9.17, 15) is 26.0 Å². The van der Waals surface area contributed by atoms with Crippen LogP contribution in [-0.2, 0) is 14.9 Å². The molecule has 0 unspecified atom stereocenters. The molecular formula is C10H16F4O4S. The fourth-order valence-electron chi connectivity index (χ4n) is 1.96. The monoisotopic (exact) mass is 308 g/mol. The maximum atomic E-state index is 13.0. The molecule has 0 aromatic rings. The van der Waals surface area contributed by atoms with E-state index in [0.717, 1.165) is 25.7 Å². The molecule has 1 fully saturated rings. The molecule has 1 aliphatic carbocycles. The summed E-state index contributed by atoms with van der Waals surface area (Å²) < 4.78 is 85.1. The first-order chi connectivity index (χ1) is 8.58. The Morgan fingerprint density at radius 3 is 2.16 bits per heavy atom. The molecule has 9 heteroatoms. The molecule has 1 rings (SSSR count). The standard InChI is InChI=1S/C10H16F4O4S/c11-9(12,10(13,14)19(15,16)17)5-6-18-7-8-3-1-2-4-8/h8H,1-7H2,(H,15,16,17). The van der Waals surface area contributed by atoms with Crippen LogP contribution in [0.25, 0.3) is 0 Å². The number of hydrogen-bond donors (Lipinski definition) is 1. The van der Waals surface area contributed by atoms with Crippen LogP contribution in [-0.4, -0.2) is 37.4 Å². The molecule has 4 nitrogen and oxygen atoms in total. The zero-order valence-corrected chi connectivity index (χ0v) is 10.9. The van der Waals surface area contributed by atoms with E-state index in [1.54, 1.807) is 0 Å². The number of ether oxygens (including phenoxy) is 1. The Balaban J connectivity index is 2.41. The van der Waals surface area contributed by atoms with E-state index in [1.807, 2.05) is 0 Å². The smallest absolute Gasteiger partial charge is 0.381 e. The summed E-state index contributed by atoms with van der Waals surface area (Å²) in [5, 5.41) is -5.50. The van der Waals surface area contributed by atoms with E-state index in [1.165, 1.54) is 0 Å². The quantitative estimate of drug-likeness (QED) is 0.446. The summed E-state index contributed by atoms with van der Waals surface area (Å²) in [4.78, 5) is 0. The van der Waals surface area contributed by atoms with Crippen molar-refractivity contribution in [2.24, 2.45) is 5.92 Å². The summed E-state index contributed by atoms with van der Waals surface area (Å²) in [6, 6.07) is 0. The van der Waals surface area contributed by atoms with E-state index in [-0.39, 0.29) is 12.5 Å². The van der Waals surface area contributed by atoms with Crippen molar-refractivity contribution < 1.29 is 35.3 Å². The van der Waals surface area contributed by atoms with Crippen LogP contribution >= 0.6 is 0 Å². The zero-order valence-electron chi connectivity index (χ0n) is 10.1. The van der Waals surface area contributed by atoms with Crippen LogP contribution in [0.2, 0.25) is 0 Å². The lowest BCUT2D eigenvalue weighted by Crippen LogP contribution is -2.47. The predicted molar refractivity (Wildman–Crippen MR) is 58.8 cm³/mol. The van der Waals surface area contributed by atoms with E-state index in [4.69, 9.17) is 9.29 Å². The molecule has 1 aliphatic rings. The van der Waals surface area contributed by atoms with Gasteiger partial charge in [0, 0.05) is 13.0 Å². The van der Waals surface area contributed by atoms with Gasteiger partial charge in [0.1, 0.15) is 0 Å². The Bertz CT molecular complexity index is 390. The van der Waals surface area contributed by atoms with E-state index in [0.29, 0.717) is 0 Å². The van der Waals surface area contributed by atoms with Crippen molar-refractivity contribution in [1.82, 2.24) is 0 Å². The van der Waals surface area contributed by atoms with Crippen molar-refractivity contribution in [1.29, 1.82) is 0 Å². The lowest BCUT2D eigenvalue weighted by Gasteiger charge is -2.23. The van der Waals surface area contributed by atoms with Crippen LogP contribution in [0.4, 0.5) is 17.6 Å². The summed E-state index contributed by atoms with van der Waals surface area (Å²) in [6.07, 6.45) is 2.43. The van der Waals surface area contributed by atoms with Crippen molar-refractivity contribution >= 4 is 10.1 Å². The van der Waals surface area contributed by atoms with Gasteiger partial charge >= 0.3 is 21.3 Å². The van der Waals surface area contributed by atoms with Crippen LogP contribution in [0.5, 0.6) is 0 Å². The summed E-state index contributed by atoms with van der Waals surface area (Å²) in [7, 11) is -6.15. The predicted octanol–water partition coefficient (Wildman–Crippen LogP) is 2.70. The summed E-state index contributed by atoms with van der Waals surface area (Å²) in [6.45, 7) is -0.484. The number of halogens is 4. The largest absolute Gasteiger partial charge is 0.431 e. The van der Waals surface area contributed by atoms with Gasteiger partial charge in [-0.05, 0) is 18.8 Å². The summed E-state index contributed by atoms with van der Waals surface area (Å²) >= 11 is 0. The molecule has 0 spiro atoms. The third kappa shape index (κ3) is 4.03. The Kier molecular flexibility index (Phi) is 5.19. The Morgan fingerprint density at radius 1 is 1.16 bits per heavy atom. The normalized spacial score (nSPS) is 19.0. The molecule has 0 radical (unpaired) electrons. The minimum absolute atomic E-state index is 0.202. The molecule has 0 heterocycles. The molecule has 19 heavy (non-hydrogen) atoms. The molecule has 0 bridgehead atoms. The molecule has 114 valence electrons. The molecule has 0 aliphatic heterocycles. The van der Waals surface area contributed by atoms with Gasteiger partial charge in [0.05, 0.1) is 6.61 Å². The lowest BCUT2D eigenvalue weighted by atomic mass is 10.1. The van der Waals surface area contributed by atoms with Crippen LogP contribution in [0.15, 0.2) is 0 Å². The second-order valence-electron chi connectivity index (χ2n) is 4.67. The van der Waals surface area contributed by atoms with E-state index >= 15 is 0 Å².